The Morgan fingerprint density at radius 3 is 2.55 bits per heavy atom. The summed E-state index contributed by atoms with van der Waals surface area (Å²) in [6.07, 6.45) is 4.96. The lowest BCUT2D eigenvalue weighted by Crippen LogP contribution is -2.56. The molecule has 2 aromatic carbocycles. The fraction of sp³-hybridized carbons (Fsp3) is 0.487. The SMILES string of the molecule is C=CCCC(=O)N[C@@H](COC)[C@@H](OC(=O)[C@@H]1[C@@H]2CC[C@]3(O2)[C@H](C(=O)N(CC=C)c2ccccc2Cl)N(CCCCCO)C(=O)[C@@H]13)c1ccccc1. The van der Waals surface area contributed by atoms with E-state index in [0.29, 0.717) is 54.8 Å². The smallest absolute Gasteiger partial charge is 0.313 e. The summed E-state index contributed by atoms with van der Waals surface area (Å²) in [5.74, 6) is -3.56. The molecule has 2 aromatic rings. The molecule has 3 heterocycles. The molecular weight excluding hydrogens is 674 g/mol. The Bertz CT molecular complexity index is 1570. The summed E-state index contributed by atoms with van der Waals surface area (Å²) in [4.78, 5) is 59.7. The molecule has 3 aliphatic rings. The van der Waals surface area contributed by atoms with Gasteiger partial charge in [-0.2, -0.15) is 0 Å². The van der Waals surface area contributed by atoms with Gasteiger partial charge in [-0.1, -0.05) is 66.2 Å². The number of methoxy groups -OCH3 is 1. The number of likely N-dealkylation sites (tertiary alicyclic amines) is 1. The van der Waals surface area contributed by atoms with Crippen molar-refractivity contribution in [3.63, 3.8) is 0 Å². The molecule has 3 saturated heterocycles. The maximum atomic E-state index is 14.8. The van der Waals surface area contributed by atoms with Gasteiger partial charge in [0.05, 0.1) is 41.3 Å². The molecule has 0 saturated carbocycles. The van der Waals surface area contributed by atoms with Crippen LogP contribution in [0.4, 0.5) is 5.69 Å². The van der Waals surface area contributed by atoms with Crippen LogP contribution in [0.2, 0.25) is 5.02 Å². The molecule has 51 heavy (non-hydrogen) atoms. The Labute approximate surface area is 304 Å². The minimum absolute atomic E-state index is 0.0164. The number of nitrogens with one attached hydrogen (secondary N) is 1. The van der Waals surface area contributed by atoms with Crippen molar-refractivity contribution in [3.8, 4) is 0 Å². The number of amides is 3. The Kier molecular flexibility index (Phi) is 13.1. The average Bonchev–Trinajstić information content (AvgIpc) is 3.78. The van der Waals surface area contributed by atoms with Crippen LogP contribution in [-0.2, 0) is 33.4 Å². The topological polar surface area (TPSA) is 135 Å². The molecule has 0 unspecified atom stereocenters. The van der Waals surface area contributed by atoms with E-state index < -0.39 is 47.7 Å². The van der Waals surface area contributed by atoms with Gasteiger partial charge in [0.15, 0.2) is 0 Å². The van der Waals surface area contributed by atoms with Gasteiger partial charge < -0.3 is 34.4 Å². The fourth-order valence-electron chi connectivity index (χ4n) is 7.89. The van der Waals surface area contributed by atoms with Gasteiger partial charge in [-0.15, -0.1) is 13.2 Å². The van der Waals surface area contributed by atoms with Crippen molar-refractivity contribution in [1.29, 1.82) is 0 Å². The second kappa shape index (κ2) is 17.5. The molecule has 7 atom stereocenters. The number of carbonyl (C=O) groups excluding carboxylic acids is 4. The van der Waals surface area contributed by atoms with Crippen molar-refractivity contribution in [3.05, 3.63) is 90.5 Å². The van der Waals surface area contributed by atoms with Crippen LogP contribution in [-0.4, -0.2) is 90.9 Å². The number of aliphatic hydroxyl groups excluding tert-OH is 1. The Balaban J connectivity index is 1.49. The standard InChI is InChI=1S/C39H48ClN3O8/c1-4-6-19-31(45)41-28(25-49-3)34(26-15-9-7-10-16-26)50-38(48)32-30-20-21-39(51-30)33(32)36(46)43(23-13-8-14-24-44)35(39)37(47)42(22-5-2)29-18-12-11-17-27(29)40/h4-5,7,9-12,15-18,28,30,32-35,44H,1-2,6,8,13-14,19-25H2,3H3,(H,41,45)/t28-,30-,32+,33+,34-,35-,39+/m0/s1. The summed E-state index contributed by atoms with van der Waals surface area (Å²) < 4.78 is 18.4. The number of esters is 1. The zero-order valence-electron chi connectivity index (χ0n) is 29.1. The number of anilines is 1. The van der Waals surface area contributed by atoms with Crippen LogP contribution in [0.5, 0.6) is 0 Å². The first kappa shape index (κ1) is 38.2. The molecule has 0 aromatic heterocycles. The highest BCUT2D eigenvalue weighted by atomic mass is 35.5. The third-order valence-corrected chi connectivity index (χ3v) is 10.4. The third-order valence-electron chi connectivity index (χ3n) is 10.1. The van der Waals surface area contributed by atoms with Crippen molar-refractivity contribution < 1.29 is 38.5 Å². The first-order valence-electron chi connectivity index (χ1n) is 17.6. The van der Waals surface area contributed by atoms with Gasteiger partial charge >= 0.3 is 5.97 Å². The van der Waals surface area contributed by atoms with Crippen molar-refractivity contribution >= 4 is 41.0 Å². The number of halogens is 1. The van der Waals surface area contributed by atoms with Gasteiger partial charge in [0.2, 0.25) is 11.8 Å². The number of nitrogens with zero attached hydrogens (tertiary/aromatic N) is 2. The van der Waals surface area contributed by atoms with E-state index in [4.69, 9.17) is 25.8 Å². The third kappa shape index (κ3) is 7.91. The second-order valence-corrected chi connectivity index (χ2v) is 13.7. The van der Waals surface area contributed by atoms with Gasteiger partial charge in [0, 0.05) is 33.2 Å². The summed E-state index contributed by atoms with van der Waals surface area (Å²) >= 11 is 6.58. The molecular formula is C39H48ClN3O8. The van der Waals surface area contributed by atoms with E-state index in [1.54, 1.807) is 41.3 Å². The maximum Gasteiger partial charge on any atom is 0.313 e. The lowest BCUT2D eigenvalue weighted by atomic mass is 9.70. The van der Waals surface area contributed by atoms with E-state index in [1.165, 1.54) is 12.0 Å². The molecule has 3 aliphatic heterocycles. The minimum Gasteiger partial charge on any atom is -0.455 e. The summed E-state index contributed by atoms with van der Waals surface area (Å²) in [6.45, 7) is 8.00. The normalized spacial score (nSPS) is 24.5. The van der Waals surface area contributed by atoms with E-state index in [0.717, 1.165) is 0 Å². The lowest BCUT2D eigenvalue weighted by molar-refractivity contribution is -0.163. The molecule has 274 valence electrons. The first-order valence-corrected chi connectivity index (χ1v) is 18.0. The van der Waals surface area contributed by atoms with Crippen LogP contribution in [0.3, 0.4) is 0 Å². The molecule has 2 bridgehead atoms. The quantitative estimate of drug-likeness (QED) is 0.120. The number of hydrogen-bond donors (Lipinski definition) is 2. The number of ether oxygens (including phenoxy) is 3. The van der Waals surface area contributed by atoms with Crippen LogP contribution >= 0.6 is 11.6 Å². The van der Waals surface area contributed by atoms with Gasteiger partial charge in [0.25, 0.3) is 5.91 Å². The number of rotatable bonds is 19. The van der Waals surface area contributed by atoms with Crippen molar-refractivity contribution in [2.24, 2.45) is 11.8 Å². The number of para-hydroxylation sites is 1. The zero-order chi connectivity index (χ0) is 36.5. The Morgan fingerprint density at radius 2 is 1.86 bits per heavy atom. The molecule has 3 amide bonds. The molecule has 11 nitrogen and oxygen atoms in total. The van der Waals surface area contributed by atoms with Crippen LogP contribution in [0.1, 0.15) is 56.6 Å². The zero-order valence-corrected chi connectivity index (χ0v) is 29.8. The first-order chi connectivity index (χ1) is 24.7. The van der Waals surface area contributed by atoms with Crippen molar-refractivity contribution in [1.82, 2.24) is 10.2 Å². The molecule has 5 rings (SSSR count). The van der Waals surface area contributed by atoms with Crippen LogP contribution in [0, 0.1) is 11.8 Å². The summed E-state index contributed by atoms with van der Waals surface area (Å²) in [7, 11) is 1.50. The predicted octanol–water partition coefficient (Wildman–Crippen LogP) is 4.78. The molecule has 12 heteroatoms. The van der Waals surface area contributed by atoms with Crippen molar-refractivity contribution in [2.75, 3.05) is 38.3 Å². The lowest BCUT2D eigenvalue weighted by Gasteiger charge is -2.37. The van der Waals surface area contributed by atoms with Gasteiger partial charge in [-0.3, -0.25) is 19.2 Å². The number of hydrogen-bond acceptors (Lipinski definition) is 8. The number of fused-ring (bicyclic) bond motifs is 1. The highest BCUT2D eigenvalue weighted by Gasteiger charge is 2.75. The van der Waals surface area contributed by atoms with Crippen LogP contribution < -0.4 is 10.2 Å². The molecule has 2 N–H and O–H groups in total. The van der Waals surface area contributed by atoms with Gasteiger partial charge in [-0.25, -0.2) is 0 Å². The molecule has 3 fully saturated rings. The molecule has 1 spiro atoms. The summed E-state index contributed by atoms with van der Waals surface area (Å²) in [6, 6.07) is 14.3. The molecule has 0 aliphatic carbocycles. The number of carbonyl (C=O) groups is 4. The van der Waals surface area contributed by atoms with E-state index in [2.05, 4.69) is 18.5 Å². The largest absolute Gasteiger partial charge is 0.455 e. The fourth-order valence-corrected chi connectivity index (χ4v) is 8.13. The second-order valence-electron chi connectivity index (χ2n) is 13.3. The highest BCUT2D eigenvalue weighted by molar-refractivity contribution is 6.34. The Hall–Kier alpha value is -4.03. The Morgan fingerprint density at radius 1 is 1.12 bits per heavy atom. The van der Waals surface area contributed by atoms with E-state index in [9.17, 15) is 24.3 Å². The summed E-state index contributed by atoms with van der Waals surface area (Å²) in [5, 5.41) is 12.7. The number of aliphatic hydroxyl groups is 1. The number of unbranched alkanes of at least 4 members (excludes halogenated alkanes) is 2. The minimum atomic E-state index is -1.27. The number of allylic oxidation sites excluding steroid dienone is 1. The van der Waals surface area contributed by atoms with Gasteiger partial charge in [-0.05, 0) is 56.2 Å². The van der Waals surface area contributed by atoms with Gasteiger partial charge in [0.1, 0.15) is 17.7 Å². The van der Waals surface area contributed by atoms with Crippen molar-refractivity contribution in [2.45, 2.75) is 74.8 Å². The average molecular weight is 722 g/mol. The highest BCUT2D eigenvalue weighted by Crippen LogP contribution is 2.59. The maximum absolute atomic E-state index is 14.8. The monoisotopic (exact) mass is 721 g/mol. The van der Waals surface area contributed by atoms with E-state index in [-0.39, 0.29) is 50.4 Å². The van der Waals surface area contributed by atoms with Crippen LogP contribution in [0.25, 0.3) is 0 Å². The molecule has 0 radical (unpaired) electrons. The van der Waals surface area contributed by atoms with Crippen LogP contribution in [0.15, 0.2) is 79.9 Å². The summed E-state index contributed by atoms with van der Waals surface area (Å²) in [5.41, 5.74) is -0.148. The van der Waals surface area contributed by atoms with E-state index >= 15 is 0 Å². The van der Waals surface area contributed by atoms with E-state index in [1.807, 2.05) is 30.3 Å². The number of benzene rings is 2. The predicted molar refractivity (Wildman–Crippen MR) is 193 cm³/mol.